The molecule has 0 saturated carbocycles. The molecular weight excluding hydrogens is 140 g/mol. The minimum absolute atomic E-state index is 0.272. The van der Waals surface area contributed by atoms with Crippen molar-refractivity contribution >= 4 is 0 Å². The van der Waals surface area contributed by atoms with Gasteiger partial charge in [0.15, 0.2) is 5.85 Å². The van der Waals surface area contributed by atoms with Gasteiger partial charge in [-0.15, -0.1) is 0 Å². The molecule has 0 saturated heterocycles. The van der Waals surface area contributed by atoms with E-state index in [1.165, 1.54) is 0 Å². The lowest BCUT2D eigenvalue weighted by Crippen LogP contribution is -2.51. The molecule has 11 heavy (non-hydrogen) atoms. The van der Waals surface area contributed by atoms with Gasteiger partial charge in [0.1, 0.15) is 0 Å². The Morgan fingerprint density at radius 2 is 1.73 bits per heavy atom. The van der Waals surface area contributed by atoms with Crippen molar-refractivity contribution in [3.05, 3.63) is 35.9 Å². The first-order valence-corrected chi connectivity index (χ1v) is 3.42. The van der Waals surface area contributed by atoms with Crippen LogP contribution in [0.2, 0.25) is 0 Å². The van der Waals surface area contributed by atoms with Gasteiger partial charge in [-0.05, 0) is 5.56 Å². The van der Waals surface area contributed by atoms with Crippen LogP contribution in [-0.2, 0) is 6.42 Å². The Morgan fingerprint density at radius 3 is 2.18 bits per heavy atom. The summed E-state index contributed by atoms with van der Waals surface area (Å²) in [7, 11) is 0. The van der Waals surface area contributed by atoms with Gasteiger partial charge in [-0.1, -0.05) is 30.3 Å². The summed E-state index contributed by atoms with van der Waals surface area (Å²) in [5.74, 6) is -1.60. The SMILES string of the molecule is NC(N)(O)Cc1ccccc1. The molecule has 0 amide bonds. The molecule has 0 spiro atoms. The average Bonchev–Trinajstić information content (AvgIpc) is 1.85. The molecule has 1 rings (SSSR count). The zero-order valence-corrected chi connectivity index (χ0v) is 6.20. The maximum atomic E-state index is 9.03. The van der Waals surface area contributed by atoms with Crippen LogP contribution in [0.1, 0.15) is 5.56 Å². The van der Waals surface area contributed by atoms with E-state index in [-0.39, 0.29) is 6.42 Å². The highest BCUT2D eigenvalue weighted by atomic mass is 16.3. The predicted octanol–water partition coefficient (Wildman–Crippen LogP) is -0.207. The minimum Gasteiger partial charge on any atom is -0.363 e. The fourth-order valence-electron chi connectivity index (χ4n) is 0.923. The van der Waals surface area contributed by atoms with Gasteiger partial charge in [-0.3, -0.25) is 11.5 Å². The fraction of sp³-hybridized carbons (Fsp3) is 0.250. The van der Waals surface area contributed by atoms with Crippen molar-refractivity contribution in [1.82, 2.24) is 0 Å². The zero-order chi connectivity index (χ0) is 8.32. The lowest BCUT2D eigenvalue weighted by molar-refractivity contribution is 0.0544. The van der Waals surface area contributed by atoms with Crippen LogP contribution < -0.4 is 11.5 Å². The molecule has 0 aromatic heterocycles. The van der Waals surface area contributed by atoms with Crippen molar-refractivity contribution < 1.29 is 5.11 Å². The smallest absolute Gasteiger partial charge is 0.170 e. The summed E-state index contributed by atoms with van der Waals surface area (Å²) in [6, 6.07) is 9.38. The summed E-state index contributed by atoms with van der Waals surface area (Å²) >= 11 is 0. The van der Waals surface area contributed by atoms with Gasteiger partial charge < -0.3 is 5.11 Å². The summed E-state index contributed by atoms with van der Waals surface area (Å²) in [4.78, 5) is 0. The molecule has 0 heterocycles. The average molecular weight is 152 g/mol. The largest absolute Gasteiger partial charge is 0.363 e. The van der Waals surface area contributed by atoms with Gasteiger partial charge in [-0.25, -0.2) is 0 Å². The summed E-state index contributed by atoms with van der Waals surface area (Å²) in [5, 5.41) is 9.03. The molecule has 5 N–H and O–H groups in total. The normalized spacial score (nSPS) is 11.5. The quantitative estimate of drug-likeness (QED) is 0.513. The zero-order valence-electron chi connectivity index (χ0n) is 6.20. The third-order valence-corrected chi connectivity index (χ3v) is 1.33. The maximum absolute atomic E-state index is 9.03. The second-order valence-electron chi connectivity index (χ2n) is 2.65. The van der Waals surface area contributed by atoms with Crippen molar-refractivity contribution in [1.29, 1.82) is 0 Å². The first-order valence-electron chi connectivity index (χ1n) is 3.42. The van der Waals surface area contributed by atoms with E-state index in [4.69, 9.17) is 16.6 Å². The third-order valence-electron chi connectivity index (χ3n) is 1.33. The number of hydrogen-bond acceptors (Lipinski definition) is 3. The number of nitrogens with two attached hydrogens (primary N) is 2. The van der Waals surface area contributed by atoms with Gasteiger partial charge in [-0.2, -0.15) is 0 Å². The van der Waals surface area contributed by atoms with Gasteiger partial charge >= 0.3 is 0 Å². The highest BCUT2D eigenvalue weighted by molar-refractivity contribution is 5.15. The lowest BCUT2D eigenvalue weighted by Gasteiger charge is -2.16. The molecule has 3 heteroatoms. The number of rotatable bonds is 2. The maximum Gasteiger partial charge on any atom is 0.170 e. The Labute approximate surface area is 65.6 Å². The van der Waals surface area contributed by atoms with E-state index in [1.807, 2.05) is 30.3 Å². The molecule has 0 atom stereocenters. The molecule has 0 radical (unpaired) electrons. The first kappa shape index (κ1) is 8.20. The Hall–Kier alpha value is -0.900. The van der Waals surface area contributed by atoms with Crippen LogP contribution in [0.25, 0.3) is 0 Å². The minimum atomic E-state index is -1.60. The predicted molar refractivity (Wildman–Crippen MR) is 43.5 cm³/mol. The van der Waals surface area contributed by atoms with Crippen molar-refractivity contribution in [3.63, 3.8) is 0 Å². The van der Waals surface area contributed by atoms with Gasteiger partial charge in [0.2, 0.25) is 0 Å². The molecule has 0 unspecified atom stereocenters. The Bertz CT molecular complexity index is 215. The third kappa shape index (κ3) is 3.13. The number of aliphatic hydroxyl groups is 1. The summed E-state index contributed by atoms with van der Waals surface area (Å²) in [6.07, 6.45) is 0.272. The molecule has 0 fully saturated rings. The molecule has 1 aromatic rings. The van der Waals surface area contributed by atoms with Gasteiger partial charge in [0.25, 0.3) is 0 Å². The monoisotopic (exact) mass is 152 g/mol. The second kappa shape index (κ2) is 3.00. The van der Waals surface area contributed by atoms with Crippen molar-refractivity contribution in [3.8, 4) is 0 Å². The van der Waals surface area contributed by atoms with E-state index in [2.05, 4.69) is 0 Å². The first-order chi connectivity index (χ1) is 5.08. The molecule has 0 aliphatic heterocycles. The van der Waals surface area contributed by atoms with Crippen LogP contribution in [-0.4, -0.2) is 11.0 Å². The molecule has 0 aliphatic carbocycles. The number of benzene rings is 1. The Balaban J connectivity index is 2.66. The second-order valence-corrected chi connectivity index (χ2v) is 2.65. The summed E-state index contributed by atoms with van der Waals surface area (Å²) in [5.41, 5.74) is 11.3. The van der Waals surface area contributed by atoms with E-state index < -0.39 is 5.85 Å². The van der Waals surface area contributed by atoms with E-state index in [0.717, 1.165) is 5.56 Å². The van der Waals surface area contributed by atoms with Crippen LogP contribution in [0.15, 0.2) is 30.3 Å². The highest BCUT2D eigenvalue weighted by Crippen LogP contribution is 2.03. The van der Waals surface area contributed by atoms with Gasteiger partial charge in [0, 0.05) is 6.42 Å². The Kier molecular flexibility index (Phi) is 2.24. The van der Waals surface area contributed by atoms with E-state index >= 15 is 0 Å². The van der Waals surface area contributed by atoms with Crippen LogP contribution in [0.3, 0.4) is 0 Å². The van der Waals surface area contributed by atoms with Gasteiger partial charge in [0.05, 0.1) is 0 Å². The fourth-order valence-corrected chi connectivity index (χ4v) is 0.923. The topological polar surface area (TPSA) is 72.3 Å². The number of hydrogen-bond donors (Lipinski definition) is 3. The molecule has 1 aromatic carbocycles. The van der Waals surface area contributed by atoms with Crippen LogP contribution in [0.5, 0.6) is 0 Å². The molecule has 0 bridgehead atoms. The molecular formula is C8H12N2O. The summed E-state index contributed by atoms with van der Waals surface area (Å²) < 4.78 is 0. The van der Waals surface area contributed by atoms with E-state index in [0.29, 0.717) is 0 Å². The van der Waals surface area contributed by atoms with Crippen LogP contribution >= 0.6 is 0 Å². The van der Waals surface area contributed by atoms with Crippen LogP contribution in [0.4, 0.5) is 0 Å². The highest BCUT2D eigenvalue weighted by Gasteiger charge is 2.13. The van der Waals surface area contributed by atoms with Crippen molar-refractivity contribution in [2.45, 2.75) is 12.3 Å². The van der Waals surface area contributed by atoms with E-state index in [1.54, 1.807) is 0 Å². The molecule has 0 aliphatic rings. The Morgan fingerprint density at radius 1 is 1.18 bits per heavy atom. The van der Waals surface area contributed by atoms with Crippen molar-refractivity contribution in [2.75, 3.05) is 0 Å². The molecule has 3 nitrogen and oxygen atoms in total. The summed E-state index contributed by atoms with van der Waals surface area (Å²) in [6.45, 7) is 0. The standard InChI is InChI=1S/C8H12N2O/c9-8(10,11)6-7-4-2-1-3-5-7/h1-5,11H,6,9-10H2. The molecule has 60 valence electrons. The van der Waals surface area contributed by atoms with E-state index in [9.17, 15) is 0 Å². The van der Waals surface area contributed by atoms with Crippen LogP contribution in [0, 0.1) is 0 Å². The van der Waals surface area contributed by atoms with Crippen molar-refractivity contribution in [2.24, 2.45) is 11.5 Å². The lowest BCUT2D eigenvalue weighted by atomic mass is 10.1.